The average molecular weight is 618 g/mol. The summed E-state index contributed by atoms with van der Waals surface area (Å²) < 4.78 is 2.70. The van der Waals surface area contributed by atoms with Crippen LogP contribution < -0.4 is 4.90 Å². The first-order chi connectivity index (χ1) is 23.1. The van der Waals surface area contributed by atoms with Crippen LogP contribution in [0.4, 0.5) is 17.1 Å². The summed E-state index contributed by atoms with van der Waals surface area (Å²) in [6.45, 7) is 4.70. The highest BCUT2D eigenvalue weighted by Gasteiger charge is 2.35. The predicted molar refractivity (Wildman–Crippen MR) is 204 cm³/mol. The molecule has 1 nitrogen and oxygen atoms in total. The van der Waals surface area contributed by atoms with Crippen LogP contribution in [-0.2, 0) is 5.41 Å². The standard InChI is InChI=1S/C45H31NS/c1-45(2)39-15-7-5-12-33(39)38-27-32(22-25-40(38)45)46(31-21-18-28-10-3-4-11-30(28)26-31)41-16-9-14-36-34(41)23-19-29-20-24-37-35-13-6-8-17-42(35)47-44(37)43(29)36/h3-27H,1-2H3. The molecule has 0 amide bonds. The van der Waals surface area contributed by atoms with Gasteiger partial charge in [0.25, 0.3) is 0 Å². The summed E-state index contributed by atoms with van der Waals surface area (Å²) in [6, 6.07) is 56.4. The van der Waals surface area contributed by atoms with Gasteiger partial charge >= 0.3 is 0 Å². The van der Waals surface area contributed by atoms with Crippen LogP contribution in [-0.4, -0.2) is 0 Å². The zero-order valence-corrected chi connectivity index (χ0v) is 27.1. The Hall–Kier alpha value is -5.44. The fraction of sp³-hybridized carbons (Fsp3) is 0.0667. The highest BCUT2D eigenvalue weighted by Crippen LogP contribution is 2.51. The normalized spacial score (nSPS) is 13.5. The minimum absolute atomic E-state index is 0.0355. The van der Waals surface area contributed by atoms with Gasteiger partial charge in [0.05, 0.1) is 5.69 Å². The minimum Gasteiger partial charge on any atom is -0.310 e. The van der Waals surface area contributed by atoms with Gasteiger partial charge in [-0.2, -0.15) is 0 Å². The molecule has 0 N–H and O–H groups in total. The number of hydrogen-bond acceptors (Lipinski definition) is 2. The van der Waals surface area contributed by atoms with E-state index in [-0.39, 0.29) is 5.41 Å². The van der Waals surface area contributed by atoms with Crippen LogP contribution in [0.1, 0.15) is 25.0 Å². The van der Waals surface area contributed by atoms with E-state index < -0.39 is 0 Å². The van der Waals surface area contributed by atoms with Crippen molar-refractivity contribution in [2.75, 3.05) is 4.90 Å². The molecule has 0 radical (unpaired) electrons. The number of rotatable bonds is 3. The largest absolute Gasteiger partial charge is 0.310 e. The molecule has 47 heavy (non-hydrogen) atoms. The van der Waals surface area contributed by atoms with E-state index in [2.05, 4.69) is 170 Å². The van der Waals surface area contributed by atoms with Gasteiger partial charge in [0.15, 0.2) is 0 Å². The molecule has 0 saturated heterocycles. The van der Waals surface area contributed by atoms with Gasteiger partial charge in [0.1, 0.15) is 0 Å². The van der Waals surface area contributed by atoms with E-state index in [1.165, 1.54) is 86.1 Å². The summed E-state index contributed by atoms with van der Waals surface area (Å²) in [4.78, 5) is 2.47. The molecule has 0 saturated carbocycles. The van der Waals surface area contributed by atoms with Crippen LogP contribution in [0.25, 0.3) is 63.6 Å². The van der Waals surface area contributed by atoms with Gasteiger partial charge in [-0.25, -0.2) is 0 Å². The van der Waals surface area contributed by atoms with E-state index in [1.807, 2.05) is 11.3 Å². The molecule has 0 bridgehead atoms. The van der Waals surface area contributed by atoms with E-state index in [0.717, 1.165) is 5.69 Å². The smallest absolute Gasteiger partial charge is 0.0540 e. The van der Waals surface area contributed by atoms with Crippen LogP contribution in [0, 0.1) is 0 Å². The number of fused-ring (bicyclic) bond motifs is 11. The molecule has 10 rings (SSSR count). The molecule has 222 valence electrons. The molecule has 1 aliphatic rings. The van der Waals surface area contributed by atoms with Crippen molar-refractivity contribution in [1.29, 1.82) is 0 Å². The molecule has 0 fully saturated rings. The third-order valence-corrected chi connectivity index (χ3v) is 11.6. The Morgan fingerprint density at radius 2 is 1.15 bits per heavy atom. The SMILES string of the molecule is CC1(C)c2ccccc2-c2cc(N(c3ccc4ccccc4c3)c3cccc4c3ccc3ccc5c6ccccc6sc5c34)ccc21. The van der Waals surface area contributed by atoms with Crippen LogP contribution in [0.3, 0.4) is 0 Å². The van der Waals surface area contributed by atoms with Crippen molar-refractivity contribution >= 4 is 80.9 Å². The first-order valence-corrected chi connectivity index (χ1v) is 17.2. The Balaban J connectivity index is 1.27. The fourth-order valence-corrected chi connectivity index (χ4v) is 9.40. The summed E-state index contributed by atoms with van der Waals surface area (Å²) in [5.74, 6) is 0. The van der Waals surface area contributed by atoms with Gasteiger partial charge in [-0.15, -0.1) is 11.3 Å². The topological polar surface area (TPSA) is 3.24 Å². The third-order valence-electron chi connectivity index (χ3n) is 10.4. The summed E-state index contributed by atoms with van der Waals surface area (Å²) in [6.07, 6.45) is 0. The Morgan fingerprint density at radius 3 is 2.06 bits per heavy atom. The number of anilines is 3. The number of benzene rings is 8. The van der Waals surface area contributed by atoms with Crippen LogP contribution in [0.5, 0.6) is 0 Å². The van der Waals surface area contributed by atoms with E-state index in [1.54, 1.807) is 0 Å². The van der Waals surface area contributed by atoms with Crippen molar-refractivity contribution < 1.29 is 0 Å². The number of nitrogens with zero attached hydrogens (tertiary/aromatic N) is 1. The maximum absolute atomic E-state index is 2.47. The zero-order chi connectivity index (χ0) is 31.3. The van der Waals surface area contributed by atoms with Crippen molar-refractivity contribution in [3.8, 4) is 11.1 Å². The van der Waals surface area contributed by atoms with Crippen molar-refractivity contribution in [3.63, 3.8) is 0 Å². The Kier molecular flexibility index (Phi) is 5.57. The second kappa shape index (κ2) is 9.78. The molecule has 1 aromatic heterocycles. The lowest BCUT2D eigenvalue weighted by molar-refractivity contribution is 0.660. The van der Waals surface area contributed by atoms with E-state index in [4.69, 9.17) is 0 Å². The average Bonchev–Trinajstić information content (AvgIpc) is 3.60. The molecule has 1 aliphatic carbocycles. The van der Waals surface area contributed by atoms with Gasteiger partial charge in [0, 0.05) is 47.7 Å². The maximum atomic E-state index is 2.47. The lowest BCUT2D eigenvalue weighted by atomic mass is 9.82. The molecular formula is C45H31NS. The van der Waals surface area contributed by atoms with Crippen molar-refractivity contribution in [1.82, 2.24) is 0 Å². The summed E-state index contributed by atoms with van der Waals surface area (Å²) >= 11 is 1.91. The van der Waals surface area contributed by atoms with Crippen molar-refractivity contribution in [3.05, 3.63) is 163 Å². The second-order valence-electron chi connectivity index (χ2n) is 13.3. The lowest BCUT2D eigenvalue weighted by Crippen LogP contribution is -2.15. The molecule has 9 aromatic rings. The lowest BCUT2D eigenvalue weighted by Gasteiger charge is -2.28. The number of hydrogen-bond donors (Lipinski definition) is 0. The molecule has 0 atom stereocenters. The first kappa shape index (κ1) is 26.7. The highest BCUT2D eigenvalue weighted by molar-refractivity contribution is 7.26. The molecule has 0 unspecified atom stereocenters. The van der Waals surface area contributed by atoms with Crippen molar-refractivity contribution in [2.24, 2.45) is 0 Å². The van der Waals surface area contributed by atoms with Crippen LogP contribution in [0.2, 0.25) is 0 Å². The quantitative estimate of drug-likeness (QED) is 0.178. The fourth-order valence-electron chi connectivity index (χ4n) is 8.13. The molecule has 1 heterocycles. The summed E-state index contributed by atoms with van der Waals surface area (Å²) in [5.41, 5.74) is 8.91. The second-order valence-corrected chi connectivity index (χ2v) is 14.4. The van der Waals surface area contributed by atoms with Gasteiger partial charge in [0.2, 0.25) is 0 Å². The third kappa shape index (κ3) is 3.83. The Bertz CT molecular complexity index is 2730. The number of thiophene rings is 1. The summed E-state index contributed by atoms with van der Waals surface area (Å²) in [5, 5.41) is 10.3. The Labute approximate surface area is 278 Å². The van der Waals surface area contributed by atoms with Crippen molar-refractivity contribution in [2.45, 2.75) is 19.3 Å². The van der Waals surface area contributed by atoms with Gasteiger partial charge in [-0.05, 0) is 80.2 Å². The molecule has 2 heteroatoms. The Morgan fingerprint density at radius 1 is 0.468 bits per heavy atom. The van der Waals surface area contributed by atoms with Gasteiger partial charge < -0.3 is 4.90 Å². The van der Waals surface area contributed by atoms with Crippen LogP contribution >= 0.6 is 11.3 Å². The maximum Gasteiger partial charge on any atom is 0.0540 e. The zero-order valence-electron chi connectivity index (χ0n) is 26.3. The molecule has 0 spiro atoms. The minimum atomic E-state index is -0.0355. The monoisotopic (exact) mass is 617 g/mol. The summed E-state index contributed by atoms with van der Waals surface area (Å²) in [7, 11) is 0. The van der Waals surface area contributed by atoms with E-state index >= 15 is 0 Å². The van der Waals surface area contributed by atoms with Gasteiger partial charge in [-0.3, -0.25) is 0 Å². The van der Waals surface area contributed by atoms with E-state index in [9.17, 15) is 0 Å². The highest BCUT2D eigenvalue weighted by atomic mass is 32.1. The molecule has 0 aliphatic heterocycles. The van der Waals surface area contributed by atoms with Crippen LogP contribution in [0.15, 0.2) is 152 Å². The van der Waals surface area contributed by atoms with E-state index in [0.29, 0.717) is 0 Å². The molecular weight excluding hydrogens is 587 g/mol. The predicted octanol–water partition coefficient (Wildman–Crippen LogP) is 13.3. The first-order valence-electron chi connectivity index (χ1n) is 16.4. The van der Waals surface area contributed by atoms with Gasteiger partial charge in [-0.1, -0.05) is 129 Å². The molecule has 8 aromatic carbocycles.